The average molecular weight is 215 g/mol. The van der Waals surface area contributed by atoms with E-state index in [0.717, 1.165) is 22.6 Å². The smallest absolute Gasteiger partial charge is 0.337 e. The molecule has 0 saturated carbocycles. The molecule has 68 valence electrons. The lowest BCUT2D eigenvalue weighted by atomic mass is 10.1. The summed E-state index contributed by atoms with van der Waals surface area (Å²) in [6, 6.07) is 3.41. The van der Waals surface area contributed by atoms with Gasteiger partial charge in [0.2, 0.25) is 0 Å². The van der Waals surface area contributed by atoms with Crippen molar-refractivity contribution in [1.82, 2.24) is 0 Å². The standard InChI is InChI=1S/C9H7ClO2S/c10-8-5-3-4-13-7(5)2-1-6(8)9(11)12/h1-2H,3-4H2,(H,11,12). The summed E-state index contributed by atoms with van der Waals surface area (Å²) in [5, 5.41) is 9.22. The van der Waals surface area contributed by atoms with Crippen molar-refractivity contribution in [3.8, 4) is 0 Å². The Hall–Kier alpha value is -0.670. The van der Waals surface area contributed by atoms with Gasteiger partial charge in [-0.15, -0.1) is 11.8 Å². The van der Waals surface area contributed by atoms with Gasteiger partial charge in [-0.1, -0.05) is 11.6 Å². The summed E-state index contributed by atoms with van der Waals surface area (Å²) in [6.07, 6.45) is 0.875. The van der Waals surface area contributed by atoms with E-state index in [0.29, 0.717) is 5.02 Å². The van der Waals surface area contributed by atoms with Crippen molar-refractivity contribution >= 4 is 29.3 Å². The van der Waals surface area contributed by atoms with Crippen LogP contribution in [0.2, 0.25) is 5.02 Å². The van der Waals surface area contributed by atoms with Crippen LogP contribution in [0.1, 0.15) is 15.9 Å². The normalized spacial score (nSPS) is 14.2. The van der Waals surface area contributed by atoms with Crippen LogP contribution in [-0.4, -0.2) is 16.8 Å². The lowest BCUT2D eigenvalue weighted by Crippen LogP contribution is -1.99. The second-order valence-electron chi connectivity index (χ2n) is 2.81. The fourth-order valence-electron chi connectivity index (χ4n) is 1.40. The molecule has 13 heavy (non-hydrogen) atoms. The maximum Gasteiger partial charge on any atom is 0.337 e. The Kier molecular flexibility index (Phi) is 2.22. The summed E-state index contributed by atoms with van der Waals surface area (Å²) in [6.45, 7) is 0. The Morgan fingerprint density at radius 3 is 3.00 bits per heavy atom. The third-order valence-corrected chi connectivity index (χ3v) is 3.57. The lowest BCUT2D eigenvalue weighted by molar-refractivity contribution is 0.0697. The van der Waals surface area contributed by atoms with Crippen molar-refractivity contribution in [1.29, 1.82) is 0 Å². The second-order valence-corrected chi connectivity index (χ2v) is 4.32. The number of rotatable bonds is 1. The zero-order chi connectivity index (χ0) is 9.42. The molecule has 0 amide bonds. The van der Waals surface area contributed by atoms with E-state index in [4.69, 9.17) is 16.7 Å². The van der Waals surface area contributed by atoms with Crippen molar-refractivity contribution < 1.29 is 9.90 Å². The van der Waals surface area contributed by atoms with E-state index >= 15 is 0 Å². The molecule has 0 saturated heterocycles. The quantitative estimate of drug-likeness (QED) is 0.781. The highest BCUT2D eigenvalue weighted by molar-refractivity contribution is 7.99. The van der Waals surface area contributed by atoms with Crippen molar-refractivity contribution in [2.45, 2.75) is 11.3 Å². The summed E-state index contributed by atoms with van der Waals surface area (Å²) in [4.78, 5) is 11.9. The molecule has 0 spiro atoms. The topological polar surface area (TPSA) is 37.3 Å². The molecule has 0 atom stereocenters. The van der Waals surface area contributed by atoms with E-state index in [-0.39, 0.29) is 5.56 Å². The van der Waals surface area contributed by atoms with Gasteiger partial charge in [0.1, 0.15) is 0 Å². The minimum atomic E-state index is -0.954. The second kappa shape index (κ2) is 3.24. The van der Waals surface area contributed by atoms with Crippen LogP contribution >= 0.6 is 23.4 Å². The summed E-state index contributed by atoms with van der Waals surface area (Å²) < 4.78 is 0. The Morgan fingerprint density at radius 2 is 2.31 bits per heavy atom. The molecule has 0 radical (unpaired) electrons. The first-order valence-corrected chi connectivity index (χ1v) is 5.24. The van der Waals surface area contributed by atoms with E-state index in [1.165, 1.54) is 0 Å². The molecule has 0 unspecified atom stereocenters. The minimum Gasteiger partial charge on any atom is -0.478 e. The van der Waals surface area contributed by atoms with Crippen LogP contribution in [0.25, 0.3) is 0 Å². The number of carboxylic acids is 1. The van der Waals surface area contributed by atoms with E-state index in [9.17, 15) is 4.79 Å². The summed E-state index contributed by atoms with van der Waals surface area (Å²) in [5.41, 5.74) is 1.20. The van der Waals surface area contributed by atoms with Crippen molar-refractivity contribution in [2.75, 3.05) is 5.75 Å². The number of aromatic carboxylic acids is 1. The predicted molar refractivity (Wildman–Crippen MR) is 52.8 cm³/mol. The van der Waals surface area contributed by atoms with Gasteiger partial charge >= 0.3 is 5.97 Å². The maximum atomic E-state index is 10.7. The third kappa shape index (κ3) is 1.42. The molecule has 1 aromatic carbocycles. The van der Waals surface area contributed by atoms with Crippen molar-refractivity contribution in [3.63, 3.8) is 0 Å². The van der Waals surface area contributed by atoms with Crippen LogP contribution in [0.4, 0.5) is 0 Å². The predicted octanol–water partition coefficient (Wildman–Crippen LogP) is 2.69. The fourth-order valence-corrected chi connectivity index (χ4v) is 2.86. The SMILES string of the molecule is O=C(O)c1ccc2c(c1Cl)CCS2. The third-order valence-electron chi connectivity index (χ3n) is 2.04. The molecule has 2 nitrogen and oxygen atoms in total. The van der Waals surface area contributed by atoms with Gasteiger partial charge in [0.05, 0.1) is 10.6 Å². The Balaban J connectivity index is 2.59. The molecule has 0 aromatic heterocycles. The average Bonchev–Trinajstić information content (AvgIpc) is 2.52. The molecule has 1 heterocycles. The highest BCUT2D eigenvalue weighted by Crippen LogP contribution is 2.37. The Morgan fingerprint density at radius 1 is 1.54 bits per heavy atom. The first kappa shape index (κ1) is 8.91. The maximum absolute atomic E-state index is 10.7. The van der Waals surface area contributed by atoms with Gasteiger partial charge in [-0.3, -0.25) is 0 Å². The molecule has 0 aliphatic carbocycles. The lowest BCUT2D eigenvalue weighted by Gasteiger charge is -2.03. The van der Waals surface area contributed by atoms with Gasteiger partial charge in [-0.25, -0.2) is 4.79 Å². The fraction of sp³-hybridized carbons (Fsp3) is 0.222. The number of benzene rings is 1. The molecule has 2 rings (SSSR count). The van der Waals surface area contributed by atoms with E-state index in [1.807, 2.05) is 6.07 Å². The monoisotopic (exact) mass is 214 g/mol. The van der Waals surface area contributed by atoms with Crippen LogP contribution in [0.3, 0.4) is 0 Å². The first-order valence-electron chi connectivity index (χ1n) is 3.87. The minimum absolute atomic E-state index is 0.211. The molecule has 4 heteroatoms. The zero-order valence-electron chi connectivity index (χ0n) is 6.71. The summed E-state index contributed by atoms with van der Waals surface area (Å²) in [5.74, 6) is 0.0442. The van der Waals surface area contributed by atoms with Gasteiger partial charge in [0.15, 0.2) is 0 Å². The Labute approximate surface area is 84.9 Å². The molecule has 0 bridgehead atoms. The van der Waals surface area contributed by atoms with Gasteiger partial charge in [0.25, 0.3) is 0 Å². The summed E-state index contributed by atoms with van der Waals surface area (Å²) >= 11 is 7.68. The molecular weight excluding hydrogens is 208 g/mol. The molecule has 1 aromatic rings. The Bertz CT molecular complexity index is 376. The van der Waals surface area contributed by atoms with Crippen LogP contribution in [0.5, 0.6) is 0 Å². The molecule has 1 aliphatic heterocycles. The van der Waals surface area contributed by atoms with Gasteiger partial charge < -0.3 is 5.11 Å². The first-order chi connectivity index (χ1) is 6.20. The number of thioether (sulfide) groups is 1. The molecule has 1 N–H and O–H groups in total. The molecule has 1 aliphatic rings. The van der Waals surface area contributed by atoms with Gasteiger partial charge in [-0.05, 0) is 24.1 Å². The number of fused-ring (bicyclic) bond motifs is 1. The number of halogens is 1. The highest BCUT2D eigenvalue weighted by atomic mass is 35.5. The van der Waals surface area contributed by atoms with Crippen molar-refractivity contribution in [3.05, 3.63) is 28.3 Å². The number of hydrogen-bond acceptors (Lipinski definition) is 2. The van der Waals surface area contributed by atoms with E-state index in [2.05, 4.69) is 0 Å². The number of carboxylic acid groups (broad SMARTS) is 1. The van der Waals surface area contributed by atoms with Crippen molar-refractivity contribution in [2.24, 2.45) is 0 Å². The highest BCUT2D eigenvalue weighted by Gasteiger charge is 2.19. The van der Waals surface area contributed by atoms with Crippen LogP contribution in [-0.2, 0) is 6.42 Å². The molecular formula is C9H7ClO2S. The van der Waals surface area contributed by atoms with Gasteiger partial charge in [0, 0.05) is 10.6 Å². The largest absolute Gasteiger partial charge is 0.478 e. The van der Waals surface area contributed by atoms with E-state index < -0.39 is 5.97 Å². The zero-order valence-corrected chi connectivity index (χ0v) is 8.28. The van der Waals surface area contributed by atoms with Crippen LogP contribution in [0, 0.1) is 0 Å². The molecule has 0 fully saturated rings. The summed E-state index contributed by atoms with van der Waals surface area (Å²) in [7, 11) is 0. The number of carbonyl (C=O) groups is 1. The van der Waals surface area contributed by atoms with E-state index in [1.54, 1.807) is 17.8 Å². The van der Waals surface area contributed by atoms with Gasteiger partial charge in [-0.2, -0.15) is 0 Å². The van der Waals surface area contributed by atoms with Crippen LogP contribution in [0.15, 0.2) is 17.0 Å². The van der Waals surface area contributed by atoms with Crippen LogP contribution < -0.4 is 0 Å². The number of hydrogen-bond donors (Lipinski definition) is 1.